The molecule has 0 saturated carbocycles. The molecule has 1 fully saturated rings. The van der Waals surface area contributed by atoms with E-state index in [2.05, 4.69) is 10.2 Å². The fraction of sp³-hybridized carbons (Fsp3) is 0.217. The van der Waals surface area contributed by atoms with Gasteiger partial charge in [0.15, 0.2) is 12.4 Å². The zero-order valence-corrected chi connectivity index (χ0v) is 17.5. The van der Waals surface area contributed by atoms with Gasteiger partial charge < -0.3 is 24.3 Å². The van der Waals surface area contributed by atoms with E-state index in [0.717, 1.165) is 18.8 Å². The van der Waals surface area contributed by atoms with Crippen LogP contribution in [0.25, 0.3) is 0 Å². The molecular weight excluding hydrogens is 418 g/mol. The van der Waals surface area contributed by atoms with Crippen LogP contribution in [0.1, 0.15) is 10.6 Å². The third-order valence-corrected chi connectivity index (χ3v) is 5.32. The number of para-hydroxylation sites is 1. The number of hydrogen-bond donors (Lipinski definition) is 1. The van der Waals surface area contributed by atoms with Gasteiger partial charge in [0.05, 0.1) is 11.3 Å². The van der Waals surface area contributed by atoms with Gasteiger partial charge in [-0.1, -0.05) is 23.7 Å². The molecule has 4 rings (SSSR count). The summed E-state index contributed by atoms with van der Waals surface area (Å²) in [5.41, 5.74) is 1.72. The molecule has 3 aromatic rings. The van der Waals surface area contributed by atoms with E-state index in [9.17, 15) is 9.59 Å². The molecule has 1 saturated heterocycles. The molecule has 2 amide bonds. The van der Waals surface area contributed by atoms with Crippen LogP contribution < -0.4 is 15.0 Å². The maximum Gasteiger partial charge on any atom is 0.289 e. The molecule has 8 heteroatoms. The molecule has 0 spiro atoms. The number of benzene rings is 2. The number of furan rings is 1. The predicted molar refractivity (Wildman–Crippen MR) is 119 cm³/mol. The summed E-state index contributed by atoms with van der Waals surface area (Å²) in [5, 5.41) is 3.27. The second-order valence-corrected chi connectivity index (χ2v) is 7.48. The molecule has 7 nitrogen and oxygen atoms in total. The Morgan fingerprint density at radius 3 is 2.39 bits per heavy atom. The molecule has 2 heterocycles. The summed E-state index contributed by atoms with van der Waals surface area (Å²) in [5.74, 6) is 0.492. The number of piperazine rings is 1. The molecule has 0 radical (unpaired) electrons. The zero-order chi connectivity index (χ0) is 21.6. The number of nitrogens with zero attached hydrogens (tertiary/aromatic N) is 2. The third-order valence-electron chi connectivity index (χ3n) is 5.01. The van der Waals surface area contributed by atoms with E-state index in [1.54, 1.807) is 41.3 Å². The van der Waals surface area contributed by atoms with Gasteiger partial charge in [-0.2, -0.15) is 0 Å². The van der Waals surface area contributed by atoms with E-state index < -0.39 is 0 Å². The van der Waals surface area contributed by atoms with Crippen LogP contribution in [0.2, 0.25) is 5.02 Å². The summed E-state index contributed by atoms with van der Waals surface area (Å²) in [7, 11) is 0. The molecule has 0 unspecified atom stereocenters. The van der Waals surface area contributed by atoms with Gasteiger partial charge in [0.1, 0.15) is 5.75 Å². The van der Waals surface area contributed by atoms with Crippen LogP contribution in [0, 0.1) is 0 Å². The molecule has 1 N–H and O–H groups in total. The number of nitrogens with one attached hydrogen (secondary N) is 1. The molecule has 160 valence electrons. The summed E-state index contributed by atoms with van der Waals surface area (Å²) < 4.78 is 10.7. The van der Waals surface area contributed by atoms with Crippen LogP contribution in [-0.2, 0) is 4.79 Å². The summed E-state index contributed by atoms with van der Waals surface area (Å²) in [4.78, 5) is 28.5. The number of halogens is 1. The Balaban J connectivity index is 1.26. The topological polar surface area (TPSA) is 75.0 Å². The Morgan fingerprint density at radius 2 is 1.71 bits per heavy atom. The average molecular weight is 440 g/mol. The van der Waals surface area contributed by atoms with E-state index in [1.807, 2.05) is 24.3 Å². The van der Waals surface area contributed by atoms with Crippen LogP contribution in [-0.4, -0.2) is 49.5 Å². The second-order valence-electron chi connectivity index (χ2n) is 7.07. The van der Waals surface area contributed by atoms with E-state index in [-0.39, 0.29) is 18.4 Å². The fourth-order valence-electron chi connectivity index (χ4n) is 3.38. The number of anilines is 2. The summed E-state index contributed by atoms with van der Waals surface area (Å²) in [6, 6.07) is 18.0. The molecule has 0 aliphatic carbocycles. The Labute approximate surface area is 185 Å². The molecule has 31 heavy (non-hydrogen) atoms. The smallest absolute Gasteiger partial charge is 0.289 e. The van der Waals surface area contributed by atoms with E-state index in [0.29, 0.717) is 35.3 Å². The first-order valence-corrected chi connectivity index (χ1v) is 10.3. The van der Waals surface area contributed by atoms with Gasteiger partial charge >= 0.3 is 0 Å². The molecule has 0 atom stereocenters. The summed E-state index contributed by atoms with van der Waals surface area (Å²) in [6.07, 6.45) is 1.51. The Hall–Kier alpha value is -3.45. The number of hydrogen-bond acceptors (Lipinski definition) is 5. The Bertz CT molecular complexity index is 1030. The predicted octanol–water partition coefficient (Wildman–Crippen LogP) is 3.91. The first-order chi connectivity index (χ1) is 15.1. The highest BCUT2D eigenvalue weighted by Crippen LogP contribution is 2.23. The molecule has 1 aromatic heterocycles. The Morgan fingerprint density at radius 1 is 0.968 bits per heavy atom. The summed E-state index contributed by atoms with van der Waals surface area (Å²) in [6.45, 7) is 2.57. The van der Waals surface area contributed by atoms with Crippen molar-refractivity contribution < 1.29 is 18.7 Å². The highest BCUT2D eigenvalue weighted by Gasteiger charge is 2.23. The number of rotatable bonds is 6. The third kappa shape index (κ3) is 5.19. The number of ether oxygens (including phenoxy) is 1. The van der Waals surface area contributed by atoms with Gasteiger partial charge in [0.25, 0.3) is 11.8 Å². The number of carbonyl (C=O) groups excluding carboxylic acids is 2. The van der Waals surface area contributed by atoms with Crippen LogP contribution in [0.3, 0.4) is 0 Å². The van der Waals surface area contributed by atoms with Crippen molar-refractivity contribution in [3.63, 3.8) is 0 Å². The second kappa shape index (κ2) is 9.57. The van der Waals surface area contributed by atoms with Crippen molar-refractivity contribution in [3.05, 3.63) is 77.7 Å². The lowest BCUT2D eigenvalue weighted by atomic mass is 10.2. The quantitative estimate of drug-likeness (QED) is 0.630. The normalized spacial score (nSPS) is 13.7. The van der Waals surface area contributed by atoms with E-state index in [1.165, 1.54) is 6.26 Å². The van der Waals surface area contributed by atoms with Gasteiger partial charge in [0.2, 0.25) is 0 Å². The number of carbonyl (C=O) groups is 2. The van der Waals surface area contributed by atoms with Crippen LogP contribution >= 0.6 is 11.6 Å². The van der Waals surface area contributed by atoms with Crippen molar-refractivity contribution >= 4 is 34.8 Å². The minimum absolute atomic E-state index is 0.0817. The van der Waals surface area contributed by atoms with Gasteiger partial charge in [-0.3, -0.25) is 9.59 Å². The van der Waals surface area contributed by atoms with Gasteiger partial charge in [-0.05, 0) is 48.5 Å². The van der Waals surface area contributed by atoms with E-state index >= 15 is 0 Å². The maximum atomic E-state index is 12.4. The van der Waals surface area contributed by atoms with Crippen LogP contribution in [0.5, 0.6) is 5.75 Å². The molecule has 1 aliphatic rings. The lowest BCUT2D eigenvalue weighted by molar-refractivity contribution is -0.118. The minimum atomic E-state index is -0.266. The molecule has 2 aromatic carbocycles. The van der Waals surface area contributed by atoms with Crippen molar-refractivity contribution in [2.24, 2.45) is 0 Å². The van der Waals surface area contributed by atoms with Crippen molar-refractivity contribution in [1.82, 2.24) is 4.90 Å². The standard InChI is InChI=1S/C23H22ClN3O4/c24-19-4-1-2-5-20(19)31-16-22(28)25-17-7-9-18(10-8-17)26-11-13-27(14-12-26)23(29)21-6-3-15-30-21/h1-10,15H,11-14,16H2,(H,25,28). The minimum Gasteiger partial charge on any atom is -0.482 e. The van der Waals surface area contributed by atoms with Crippen molar-refractivity contribution in [2.75, 3.05) is 43.0 Å². The fourth-order valence-corrected chi connectivity index (χ4v) is 3.57. The van der Waals surface area contributed by atoms with E-state index in [4.69, 9.17) is 20.8 Å². The first-order valence-electron chi connectivity index (χ1n) is 9.95. The monoisotopic (exact) mass is 439 g/mol. The van der Waals surface area contributed by atoms with Gasteiger partial charge in [-0.15, -0.1) is 0 Å². The van der Waals surface area contributed by atoms with Crippen molar-refractivity contribution in [1.29, 1.82) is 0 Å². The largest absolute Gasteiger partial charge is 0.482 e. The average Bonchev–Trinajstić information content (AvgIpc) is 3.34. The van der Waals surface area contributed by atoms with Crippen LogP contribution in [0.15, 0.2) is 71.3 Å². The maximum absolute atomic E-state index is 12.4. The van der Waals surface area contributed by atoms with Gasteiger partial charge in [-0.25, -0.2) is 0 Å². The molecule has 0 bridgehead atoms. The van der Waals surface area contributed by atoms with Crippen molar-refractivity contribution in [2.45, 2.75) is 0 Å². The SMILES string of the molecule is O=C(COc1ccccc1Cl)Nc1ccc(N2CCN(C(=O)c3ccco3)CC2)cc1. The Kier molecular flexibility index (Phi) is 6.43. The first kappa shape index (κ1) is 20.8. The molecule has 1 aliphatic heterocycles. The lowest BCUT2D eigenvalue weighted by Crippen LogP contribution is -2.48. The lowest BCUT2D eigenvalue weighted by Gasteiger charge is -2.35. The summed E-state index contributed by atoms with van der Waals surface area (Å²) >= 11 is 6.02. The zero-order valence-electron chi connectivity index (χ0n) is 16.8. The highest BCUT2D eigenvalue weighted by atomic mass is 35.5. The molecular formula is C23H22ClN3O4. The highest BCUT2D eigenvalue weighted by molar-refractivity contribution is 6.32. The van der Waals surface area contributed by atoms with Gasteiger partial charge in [0, 0.05) is 37.6 Å². The van der Waals surface area contributed by atoms with Crippen molar-refractivity contribution in [3.8, 4) is 5.75 Å². The number of amides is 2. The van der Waals surface area contributed by atoms with Crippen LogP contribution in [0.4, 0.5) is 11.4 Å².